The zero-order valence-electron chi connectivity index (χ0n) is 25.1. The van der Waals surface area contributed by atoms with Gasteiger partial charge in [-0.2, -0.15) is 0 Å². The van der Waals surface area contributed by atoms with E-state index in [4.69, 9.17) is 16.3 Å². The number of sulfonamides is 1. The Bertz CT molecular complexity index is 1480. The first-order valence-corrected chi connectivity index (χ1v) is 15.8. The Morgan fingerprint density at radius 2 is 1.57 bits per heavy atom. The maximum absolute atomic E-state index is 14.2. The van der Waals surface area contributed by atoms with Crippen LogP contribution in [0.4, 0.5) is 5.69 Å². The van der Waals surface area contributed by atoms with Crippen molar-refractivity contribution < 1.29 is 22.7 Å². The van der Waals surface area contributed by atoms with E-state index in [1.807, 2.05) is 52.8 Å². The van der Waals surface area contributed by atoms with Gasteiger partial charge >= 0.3 is 0 Å². The van der Waals surface area contributed by atoms with Gasteiger partial charge in [-0.3, -0.25) is 13.9 Å². The SMILES string of the molecule is CC[C@@H](C)NC(=O)[C@H](CC)N(Cc1ccc(OC)cc1)C(=O)CN(c1ccc(C)c(C)c1)S(=O)(=O)c1ccc(Cl)cc1. The van der Waals surface area contributed by atoms with E-state index in [0.717, 1.165) is 27.4 Å². The minimum absolute atomic E-state index is 0.00110. The second kappa shape index (κ2) is 14.6. The number of methoxy groups -OCH3 is 1. The molecule has 42 heavy (non-hydrogen) atoms. The summed E-state index contributed by atoms with van der Waals surface area (Å²) in [4.78, 5) is 29.1. The van der Waals surface area contributed by atoms with Crippen LogP contribution in [0.15, 0.2) is 71.6 Å². The highest BCUT2D eigenvalue weighted by molar-refractivity contribution is 7.92. The Balaban J connectivity index is 2.08. The normalized spacial score (nSPS) is 12.7. The van der Waals surface area contributed by atoms with Crippen LogP contribution in [0.5, 0.6) is 5.75 Å². The lowest BCUT2D eigenvalue weighted by Gasteiger charge is -2.34. The van der Waals surface area contributed by atoms with Crippen LogP contribution in [0.3, 0.4) is 0 Å². The summed E-state index contributed by atoms with van der Waals surface area (Å²) in [7, 11) is -2.61. The number of carbonyl (C=O) groups is 2. The lowest BCUT2D eigenvalue weighted by Crippen LogP contribution is -2.53. The molecule has 10 heteroatoms. The van der Waals surface area contributed by atoms with Crippen LogP contribution in [0.1, 0.15) is 50.3 Å². The molecule has 3 rings (SSSR count). The van der Waals surface area contributed by atoms with Gasteiger partial charge in [-0.05, 0) is 98.8 Å². The first-order chi connectivity index (χ1) is 19.9. The van der Waals surface area contributed by atoms with E-state index < -0.39 is 28.5 Å². The molecule has 0 aromatic heterocycles. The number of halogens is 1. The highest BCUT2D eigenvalue weighted by Gasteiger charge is 2.34. The summed E-state index contributed by atoms with van der Waals surface area (Å²) in [6.07, 6.45) is 1.08. The Hall–Kier alpha value is -3.56. The number of benzene rings is 3. The molecule has 0 spiro atoms. The molecule has 0 aliphatic heterocycles. The molecule has 0 saturated carbocycles. The minimum Gasteiger partial charge on any atom is -0.497 e. The minimum atomic E-state index is -4.18. The molecule has 0 bridgehead atoms. The number of anilines is 1. The summed E-state index contributed by atoms with van der Waals surface area (Å²) >= 11 is 6.03. The number of carbonyl (C=O) groups excluding carboxylic acids is 2. The van der Waals surface area contributed by atoms with E-state index >= 15 is 0 Å². The number of hydrogen-bond donors (Lipinski definition) is 1. The van der Waals surface area contributed by atoms with Crippen molar-refractivity contribution in [2.24, 2.45) is 0 Å². The monoisotopic (exact) mass is 613 g/mol. The van der Waals surface area contributed by atoms with Crippen molar-refractivity contribution in [2.45, 2.75) is 71.0 Å². The third kappa shape index (κ3) is 8.04. The van der Waals surface area contributed by atoms with Crippen LogP contribution < -0.4 is 14.4 Å². The Morgan fingerprint density at radius 3 is 2.12 bits per heavy atom. The maximum Gasteiger partial charge on any atom is 0.264 e. The summed E-state index contributed by atoms with van der Waals surface area (Å²) in [5.41, 5.74) is 2.99. The van der Waals surface area contributed by atoms with Gasteiger partial charge in [0, 0.05) is 17.6 Å². The van der Waals surface area contributed by atoms with Crippen LogP contribution in [-0.2, 0) is 26.2 Å². The predicted molar refractivity (Wildman–Crippen MR) is 167 cm³/mol. The molecule has 0 aliphatic rings. The van der Waals surface area contributed by atoms with Crippen molar-refractivity contribution in [1.29, 1.82) is 0 Å². The van der Waals surface area contributed by atoms with E-state index in [2.05, 4.69) is 5.32 Å². The van der Waals surface area contributed by atoms with Crippen LogP contribution in [0.25, 0.3) is 0 Å². The smallest absolute Gasteiger partial charge is 0.264 e. The van der Waals surface area contributed by atoms with Crippen molar-refractivity contribution in [3.63, 3.8) is 0 Å². The fraction of sp³-hybridized carbons (Fsp3) is 0.375. The molecule has 3 aromatic rings. The fourth-order valence-electron chi connectivity index (χ4n) is 4.43. The van der Waals surface area contributed by atoms with E-state index in [-0.39, 0.29) is 23.4 Å². The van der Waals surface area contributed by atoms with Crippen molar-refractivity contribution in [3.05, 3.63) is 88.4 Å². The lowest BCUT2D eigenvalue weighted by atomic mass is 10.1. The molecule has 2 atom stereocenters. The molecule has 3 aromatic carbocycles. The fourth-order valence-corrected chi connectivity index (χ4v) is 5.96. The van der Waals surface area contributed by atoms with Gasteiger partial charge in [-0.15, -0.1) is 0 Å². The van der Waals surface area contributed by atoms with Crippen LogP contribution in [-0.4, -0.2) is 50.9 Å². The van der Waals surface area contributed by atoms with Gasteiger partial charge in [0.15, 0.2) is 0 Å². The zero-order valence-corrected chi connectivity index (χ0v) is 26.6. The largest absolute Gasteiger partial charge is 0.497 e. The van der Waals surface area contributed by atoms with E-state index in [9.17, 15) is 18.0 Å². The highest BCUT2D eigenvalue weighted by Crippen LogP contribution is 2.27. The zero-order chi connectivity index (χ0) is 31.0. The van der Waals surface area contributed by atoms with Crippen molar-refractivity contribution in [3.8, 4) is 5.75 Å². The Kier molecular flexibility index (Phi) is 11.4. The van der Waals surface area contributed by atoms with Crippen molar-refractivity contribution in [2.75, 3.05) is 18.0 Å². The van der Waals surface area contributed by atoms with Gasteiger partial charge in [0.2, 0.25) is 11.8 Å². The standard InChI is InChI=1S/C32H40ClN3O5S/c1-7-24(5)34-32(38)30(8-2)35(20-25-10-15-28(41-6)16-11-25)31(37)21-36(27-14-9-22(3)23(4)19-27)42(39,40)29-17-12-26(33)13-18-29/h9-19,24,30H,7-8,20-21H2,1-6H3,(H,34,38)/t24-,30+/m1/s1. The van der Waals surface area contributed by atoms with E-state index in [1.54, 1.807) is 31.4 Å². The molecule has 2 amide bonds. The molecule has 1 N–H and O–H groups in total. The summed E-state index contributed by atoms with van der Waals surface area (Å²) in [6.45, 7) is 9.13. The van der Waals surface area contributed by atoms with Crippen molar-refractivity contribution >= 4 is 39.1 Å². The number of rotatable bonds is 13. The summed E-state index contributed by atoms with van der Waals surface area (Å²) in [5, 5.41) is 3.38. The lowest BCUT2D eigenvalue weighted by molar-refractivity contribution is -0.140. The number of nitrogens with one attached hydrogen (secondary N) is 1. The summed E-state index contributed by atoms with van der Waals surface area (Å²) in [6, 6.07) is 17.4. The number of hydrogen-bond acceptors (Lipinski definition) is 5. The maximum atomic E-state index is 14.2. The number of aryl methyl sites for hydroxylation is 2. The van der Waals surface area contributed by atoms with Gasteiger partial charge in [-0.1, -0.05) is 43.6 Å². The Morgan fingerprint density at radius 1 is 0.929 bits per heavy atom. The summed E-state index contributed by atoms with van der Waals surface area (Å²) in [5.74, 6) is -0.132. The van der Waals surface area contributed by atoms with Crippen LogP contribution in [0, 0.1) is 13.8 Å². The van der Waals surface area contributed by atoms with E-state index in [0.29, 0.717) is 22.9 Å². The van der Waals surface area contributed by atoms with Crippen LogP contribution >= 0.6 is 11.6 Å². The average molecular weight is 614 g/mol. The van der Waals surface area contributed by atoms with Crippen LogP contribution in [0.2, 0.25) is 5.02 Å². The van der Waals surface area contributed by atoms with Gasteiger partial charge in [0.05, 0.1) is 17.7 Å². The van der Waals surface area contributed by atoms with Gasteiger partial charge < -0.3 is 15.0 Å². The second-order valence-electron chi connectivity index (χ2n) is 10.3. The summed E-state index contributed by atoms with van der Waals surface area (Å²) < 4.78 is 34.4. The first-order valence-electron chi connectivity index (χ1n) is 14.0. The third-order valence-electron chi connectivity index (χ3n) is 7.36. The molecule has 0 saturated heterocycles. The molecule has 8 nitrogen and oxygen atoms in total. The molecule has 0 unspecified atom stereocenters. The third-order valence-corrected chi connectivity index (χ3v) is 9.40. The van der Waals surface area contributed by atoms with Gasteiger partial charge in [0.1, 0.15) is 18.3 Å². The van der Waals surface area contributed by atoms with Gasteiger partial charge in [-0.25, -0.2) is 8.42 Å². The number of nitrogens with zero attached hydrogens (tertiary/aromatic N) is 2. The highest BCUT2D eigenvalue weighted by atomic mass is 35.5. The molecule has 0 heterocycles. The molecular weight excluding hydrogens is 574 g/mol. The van der Waals surface area contributed by atoms with Crippen molar-refractivity contribution in [1.82, 2.24) is 10.2 Å². The number of amides is 2. The molecule has 0 aliphatic carbocycles. The predicted octanol–water partition coefficient (Wildman–Crippen LogP) is 5.88. The second-order valence-corrected chi connectivity index (χ2v) is 12.6. The number of ether oxygens (including phenoxy) is 1. The molecule has 226 valence electrons. The average Bonchev–Trinajstić information content (AvgIpc) is 2.97. The Labute approximate surface area is 254 Å². The topological polar surface area (TPSA) is 96.0 Å². The molecular formula is C32H40ClN3O5S. The molecule has 0 radical (unpaired) electrons. The van der Waals surface area contributed by atoms with E-state index in [1.165, 1.54) is 29.2 Å². The molecule has 0 fully saturated rings. The van der Waals surface area contributed by atoms with Gasteiger partial charge in [0.25, 0.3) is 10.0 Å². The first kappa shape index (κ1) is 32.9. The quantitative estimate of drug-likeness (QED) is 0.260.